The van der Waals surface area contributed by atoms with Crippen molar-refractivity contribution in [2.45, 2.75) is 19.8 Å². The summed E-state index contributed by atoms with van der Waals surface area (Å²) >= 11 is 0. The number of carbonyl (C=O) groups excluding carboxylic acids is 2. The van der Waals surface area contributed by atoms with Crippen LogP contribution in [0.1, 0.15) is 17.5 Å². The predicted molar refractivity (Wildman–Crippen MR) is 82.0 cm³/mol. The summed E-state index contributed by atoms with van der Waals surface area (Å²) in [6, 6.07) is 8.16. The van der Waals surface area contributed by atoms with Crippen molar-refractivity contribution in [3.8, 4) is 0 Å². The van der Waals surface area contributed by atoms with Crippen LogP contribution in [0.25, 0.3) is 0 Å². The summed E-state index contributed by atoms with van der Waals surface area (Å²) in [5.41, 5.74) is 2.37. The Labute approximate surface area is 125 Å². The summed E-state index contributed by atoms with van der Waals surface area (Å²) < 4.78 is 0. The minimum Gasteiger partial charge on any atom is -0.347 e. The second-order valence-corrected chi connectivity index (χ2v) is 5.39. The molecule has 1 saturated heterocycles. The molecule has 0 spiro atoms. The lowest BCUT2D eigenvalue weighted by Crippen LogP contribution is -2.44. The molecule has 0 aromatic heterocycles. The van der Waals surface area contributed by atoms with Crippen LogP contribution in [0, 0.1) is 6.92 Å². The SMILES string of the molecule is Cc1cccc(CCNC(=O)C(=O)N2CCCNCC2)c1. The molecule has 21 heavy (non-hydrogen) atoms. The summed E-state index contributed by atoms with van der Waals surface area (Å²) in [4.78, 5) is 25.5. The first-order valence-electron chi connectivity index (χ1n) is 7.50. The fraction of sp³-hybridized carbons (Fsp3) is 0.500. The zero-order valence-electron chi connectivity index (χ0n) is 12.5. The Morgan fingerprint density at radius 1 is 1.29 bits per heavy atom. The summed E-state index contributed by atoms with van der Waals surface area (Å²) in [6.45, 7) is 5.43. The van der Waals surface area contributed by atoms with Crippen molar-refractivity contribution in [1.29, 1.82) is 0 Å². The van der Waals surface area contributed by atoms with Gasteiger partial charge in [0.1, 0.15) is 0 Å². The molecular formula is C16H23N3O2. The Bertz CT molecular complexity index is 494. The Morgan fingerprint density at radius 3 is 2.95 bits per heavy atom. The van der Waals surface area contributed by atoms with E-state index in [0.29, 0.717) is 19.6 Å². The Morgan fingerprint density at radius 2 is 2.14 bits per heavy atom. The molecule has 1 aliphatic heterocycles. The van der Waals surface area contributed by atoms with E-state index in [-0.39, 0.29) is 0 Å². The number of aryl methyl sites for hydroxylation is 1. The number of rotatable bonds is 3. The number of nitrogens with one attached hydrogen (secondary N) is 2. The van der Waals surface area contributed by atoms with Crippen molar-refractivity contribution in [2.24, 2.45) is 0 Å². The Balaban J connectivity index is 1.77. The second kappa shape index (κ2) is 7.78. The van der Waals surface area contributed by atoms with Crippen LogP contribution in [0.4, 0.5) is 0 Å². The summed E-state index contributed by atoms with van der Waals surface area (Å²) in [5, 5.41) is 5.93. The molecule has 1 aromatic carbocycles. The number of carbonyl (C=O) groups is 2. The first-order valence-corrected chi connectivity index (χ1v) is 7.50. The lowest BCUT2D eigenvalue weighted by molar-refractivity contribution is -0.145. The van der Waals surface area contributed by atoms with Crippen molar-refractivity contribution < 1.29 is 9.59 Å². The largest absolute Gasteiger partial charge is 0.347 e. The van der Waals surface area contributed by atoms with E-state index in [1.54, 1.807) is 4.90 Å². The van der Waals surface area contributed by atoms with Crippen molar-refractivity contribution in [3.63, 3.8) is 0 Å². The van der Waals surface area contributed by atoms with Gasteiger partial charge in [0.2, 0.25) is 0 Å². The molecule has 114 valence electrons. The van der Waals surface area contributed by atoms with Crippen LogP contribution >= 0.6 is 0 Å². The van der Waals surface area contributed by atoms with E-state index >= 15 is 0 Å². The normalized spacial score (nSPS) is 15.4. The van der Waals surface area contributed by atoms with Gasteiger partial charge in [-0.3, -0.25) is 9.59 Å². The molecular weight excluding hydrogens is 266 g/mol. The lowest BCUT2D eigenvalue weighted by atomic mass is 10.1. The zero-order valence-corrected chi connectivity index (χ0v) is 12.5. The number of nitrogens with zero attached hydrogens (tertiary/aromatic N) is 1. The van der Waals surface area contributed by atoms with E-state index in [4.69, 9.17) is 0 Å². The average molecular weight is 289 g/mol. The highest BCUT2D eigenvalue weighted by Gasteiger charge is 2.21. The van der Waals surface area contributed by atoms with Crippen molar-refractivity contribution in [2.75, 3.05) is 32.7 Å². The zero-order chi connectivity index (χ0) is 15.1. The lowest BCUT2D eigenvalue weighted by Gasteiger charge is -2.19. The van der Waals surface area contributed by atoms with Gasteiger partial charge < -0.3 is 15.5 Å². The van der Waals surface area contributed by atoms with Crippen molar-refractivity contribution in [1.82, 2.24) is 15.5 Å². The highest BCUT2D eigenvalue weighted by molar-refractivity contribution is 6.35. The fourth-order valence-electron chi connectivity index (χ4n) is 2.46. The molecule has 0 saturated carbocycles. The van der Waals surface area contributed by atoms with Crippen LogP contribution in [0.2, 0.25) is 0 Å². The van der Waals surface area contributed by atoms with E-state index in [0.717, 1.165) is 25.9 Å². The third kappa shape index (κ3) is 4.86. The number of benzene rings is 1. The van der Waals surface area contributed by atoms with E-state index in [2.05, 4.69) is 16.7 Å². The maximum atomic E-state index is 12.0. The highest BCUT2D eigenvalue weighted by Crippen LogP contribution is 2.04. The molecule has 1 heterocycles. The molecule has 2 rings (SSSR count). The molecule has 0 unspecified atom stereocenters. The first-order chi connectivity index (χ1) is 10.2. The molecule has 1 fully saturated rings. The standard InChI is InChI=1S/C16H23N3O2/c1-13-4-2-5-14(12-13)6-8-18-15(20)16(21)19-10-3-7-17-9-11-19/h2,4-5,12,17H,3,6-11H2,1H3,(H,18,20). The summed E-state index contributed by atoms with van der Waals surface area (Å²) in [5.74, 6) is -0.910. The van der Waals surface area contributed by atoms with E-state index < -0.39 is 11.8 Å². The van der Waals surface area contributed by atoms with E-state index in [9.17, 15) is 9.59 Å². The third-order valence-electron chi connectivity index (χ3n) is 3.60. The molecule has 1 aliphatic rings. The average Bonchev–Trinajstić information content (AvgIpc) is 2.75. The second-order valence-electron chi connectivity index (χ2n) is 5.39. The van der Waals surface area contributed by atoms with E-state index in [1.165, 1.54) is 11.1 Å². The minimum atomic E-state index is -0.496. The van der Waals surface area contributed by atoms with Gasteiger partial charge in [0.15, 0.2) is 0 Å². The van der Waals surface area contributed by atoms with Gasteiger partial charge in [-0.2, -0.15) is 0 Å². The van der Waals surface area contributed by atoms with Gasteiger partial charge >= 0.3 is 11.8 Å². The van der Waals surface area contributed by atoms with Gasteiger partial charge in [0.25, 0.3) is 0 Å². The highest BCUT2D eigenvalue weighted by atomic mass is 16.2. The van der Waals surface area contributed by atoms with E-state index in [1.807, 2.05) is 25.1 Å². The Kier molecular flexibility index (Phi) is 5.75. The summed E-state index contributed by atoms with van der Waals surface area (Å²) in [6.07, 6.45) is 1.63. The number of hydrogen-bond acceptors (Lipinski definition) is 3. The van der Waals surface area contributed by atoms with Crippen molar-refractivity contribution in [3.05, 3.63) is 35.4 Å². The smallest absolute Gasteiger partial charge is 0.311 e. The number of amides is 2. The quantitative estimate of drug-likeness (QED) is 0.796. The molecule has 5 heteroatoms. The third-order valence-corrected chi connectivity index (χ3v) is 3.60. The molecule has 5 nitrogen and oxygen atoms in total. The molecule has 1 aromatic rings. The molecule has 0 radical (unpaired) electrons. The van der Waals surface area contributed by atoms with Crippen molar-refractivity contribution >= 4 is 11.8 Å². The fourth-order valence-corrected chi connectivity index (χ4v) is 2.46. The molecule has 0 aliphatic carbocycles. The predicted octanol–water partition coefficient (Wildman–Crippen LogP) is 0.476. The molecule has 2 amide bonds. The maximum Gasteiger partial charge on any atom is 0.311 e. The minimum absolute atomic E-state index is 0.414. The van der Waals surface area contributed by atoms with Crippen LogP contribution < -0.4 is 10.6 Å². The van der Waals surface area contributed by atoms with Crippen LogP contribution in [-0.4, -0.2) is 49.4 Å². The monoisotopic (exact) mass is 289 g/mol. The Hall–Kier alpha value is -1.88. The van der Waals surface area contributed by atoms with Gasteiger partial charge in [-0.05, 0) is 31.9 Å². The topological polar surface area (TPSA) is 61.4 Å². The van der Waals surface area contributed by atoms with Crippen LogP contribution in [0.5, 0.6) is 0 Å². The van der Waals surface area contributed by atoms with Gasteiger partial charge in [-0.15, -0.1) is 0 Å². The van der Waals surface area contributed by atoms with Gasteiger partial charge in [-0.25, -0.2) is 0 Å². The number of hydrogen-bond donors (Lipinski definition) is 2. The maximum absolute atomic E-state index is 12.0. The van der Waals surface area contributed by atoms with Gasteiger partial charge in [-0.1, -0.05) is 29.8 Å². The van der Waals surface area contributed by atoms with Gasteiger partial charge in [0, 0.05) is 26.2 Å². The molecule has 0 bridgehead atoms. The van der Waals surface area contributed by atoms with Crippen LogP contribution in [0.15, 0.2) is 24.3 Å². The molecule has 2 N–H and O–H groups in total. The summed E-state index contributed by atoms with van der Waals surface area (Å²) in [7, 11) is 0. The van der Waals surface area contributed by atoms with Crippen LogP contribution in [-0.2, 0) is 16.0 Å². The van der Waals surface area contributed by atoms with Crippen LogP contribution in [0.3, 0.4) is 0 Å². The van der Waals surface area contributed by atoms with Gasteiger partial charge in [0.05, 0.1) is 0 Å². The first kappa shape index (κ1) is 15.5. The molecule has 0 atom stereocenters.